The van der Waals surface area contributed by atoms with Gasteiger partial charge in [0.25, 0.3) is 11.8 Å². The van der Waals surface area contributed by atoms with Crippen LogP contribution in [0.4, 0.5) is 11.4 Å². The highest BCUT2D eigenvalue weighted by Gasteiger charge is 2.23. The van der Waals surface area contributed by atoms with Gasteiger partial charge in [0, 0.05) is 11.3 Å². The van der Waals surface area contributed by atoms with E-state index in [4.69, 9.17) is 19.0 Å². The average molecular weight is 397 g/mol. The number of nitrogens with zero attached hydrogens (tertiary/aromatic N) is 1. The Labute approximate surface area is 166 Å². The van der Waals surface area contributed by atoms with Crippen LogP contribution < -0.4 is 24.8 Å². The van der Waals surface area contributed by atoms with Gasteiger partial charge in [0.15, 0.2) is 24.2 Å². The van der Waals surface area contributed by atoms with E-state index >= 15 is 0 Å². The summed E-state index contributed by atoms with van der Waals surface area (Å²) in [7, 11) is 0. The van der Waals surface area contributed by atoms with Crippen molar-refractivity contribution >= 4 is 28.9 Å². The van der Waals surface area contributed by atoms with Crippen LogP contribution in [0.5, 0.6) is 17.2 Å². The maximum absolute atomic E-state index is 12.1. The molecule has 2 aliphatic rings. The van der Waals surface area contributed by atoms with Crippen molar-refractivity contribution in [2.75, 3.05) is 24.0 Å². The predicted molar refractivity (Wildman–Crippen MR) is 105 cm³/mol. The maximum atomic E-state index is 12.1. The molecule has 2 N–H and O–H groups in total. The molecule has 2 aliphatic heterocycles. The van der Waals surface area contributed by atoms with E-state index in [2.05, 4.69) is 15.8 Å². The van der Waals surface area contributed by atoms with E-state index in [1.807, 2.05) is 6.07 Å². The smallest absolute Gasteiger partial charge is 0.265 e. The normalized spacial score (nSPS) is 17.1. The van der Waals surface area contributed by atoms with Gasteiger partial charge in [0.1, 0.15) is 5.75 Å². The fourth-order valence-corrected chi connectivity index (χ4v) is 2.85. The van der Waals surface area contributed by atoms with Crippen LogP contribution in [0.15, 0.2) is 41.6 Å². The highest BCUT2D eigenvalue weighted by Crippen LogP contribution is 2.33. The molecule has 9 nitrogen and oxygen atoms in total. The van der Waals surface area contributed by atoms with E-state index in [-0.39, 0.29) is 25.2 Å². The summed E-state index contributed by atoms with van der Waals surface area (Å²) in [5, 5.41) is 9.39. The zero-order valence-electron chi connectivity index (χ0n) is 15.9. The van der Waals surface area contributed by atoms with E-state index in [1.165, 1.54) is 0 Å². The summed E-state index contributed by atoms with van der Waals surface area (Å²) in [6, 6.07) is 10.4. The minimum Gasteiger partial charge on any atom is -0.479 e. The first-order valence-electron chi connectivity index (χ1n) is 8.97. The van der Waals surface area contributed by atoms with Crippen LogP contribution in [0.25, 0.3) is 0 Å². The van der Waals surface area contributed by atoms with Gasteiger partial charge in [-0.1, -0.05) is 5.16 Å². The Kier molecular flexibility index (Phi) is 4.94. The molecule has 0 unspecified atom stereocenters. The molecular formula is C20H19N3O6. The second-order valence-electron chi connectivity index (χ2n) is 6.53. The van der Waals surface area contributed by atoms with Gasteiger partial charge in [0.05, 0.1) is 11.4 Å². The Balaban J connectivity index is 1.33. The van der Waals surface area contributed by atoms with Crippen LogP contribution in [-0.4, -0.2) is 37.0 Å². The molecule has 0 spiro atoms. The van der Waals surface area contributed by atoms with Crippen molar-refractivity contribution in [2.45, 2.75) is 20.0 Å². The number of benzene rings is 2. The molecule has 0 fully saturated rings. The fraction of sp³-hybridized carbons (Fsp3) is 0.250. The molecule has 150 valence electrons. The Morgan fingerprint density at radius 1 is 1.21 bits per heavy atom. The maximum Gasteiger partial charge on any atom is 0.265 e. The minimum absolute atomic E-state index is 0.198. The molecule has 0 saturated heterocycles. The summed E-state index contributed by atoms with van der Waals surface area (Å²) in [6.45, 7) is 3.36. The van der Waals surface area contributed by atoms with Gasteiger partial charge in [0.2, 0.25) is 6.79 Å². The third kappa shape index (κ3) is 4.08. The molecule has 2 heterocycles. The fourth-order valence-electron chi connectivity index (χ4n) is 2.85. The molecular weight excluding hydrogens is 378 g/mol. The summed E-state index contributed by atoms with van der Waals surface area (Å²) in [6.07, 6.45) is -0.554. The quantitative estimate of drug-likeness (QED) is 0.593. The number of fused-ring (bicyclic) bond motifs is 2. The first-order chi connectivity index (χ1) is 14.0. The molecule has 0 aromatic heterocycles. The topological polar surface area (TPSA) is 107 Å². The minimum atomic E-state index is -0.554. The number of anilines is 2. The van der Waals surface area contributed by atoms with Gasteiger partial charge < -0.3 is 29.7 Å². The Bertz CT molecular complexity index is 1000. The van der Waals surface area contributed by atoms with Crippen LogP contribution in [0.1, 0.15) is 19.4 Å². The zero-order valence-corrected chi connectivity index (χ0v) is 15.9. The molecule has 0 bridgehead atoms. The molecule has 0 radical (unpaired) electrons. The van der Waals surface area contributed by atoms with Gasteiger partial charge in [-0.2, -0.15) is 0 Å². The number of amides is 2. The lowest BCUT2D eigenvalue weighted by molar-refractivity contribution is -0.122. The number of rotatable bonds is 5. The van der Waals surface area contributed by atoms with Crippen molar-refractivity contribution < 1.29 is 28.6 Å². The van der Waals surface area contributed by atoms with Gasteiger partial charge in [-0.05, 0) is 50.2 Å². The van der Waals surface area contributed by atoms with Crippen LogP contribution in [0.2, 0.25) is 0 Å². The van der Waals surface area contributed by atoms with Crippen LogP contribution in [-0.2, 0) is 14.4 Å². The molecule has 1 atom stereocenters. The molecule has 2 aromatic carbocycles. The Hall–Kier alpha value is -3.75. The standard InChI is InChI=1S/C20H19N3O6/c1-11(13-3-5-17-18(7-13)27-10-26-17)23-28-9-19(24)21-14-4-6-16-15(8-14)22-20(25)12(2)29-16/h3-8,12H,9-10H2,1-2H3,(H,21,24)(H,22,25)/b23-11-/t12-/m1/s1. The number of ether oxygens (including phenoxy) is 3. The van der Waals surface area contributed by atoms with Crippen molar-refractivity contribution in [2.24, 2.45) is 5.16 Å². The number of carbonyl (C=O) groups is 2. The second-order valence-corrected chi connectivity index (χ2v) is 6.53. The molecule has 9 heteroatoms. The number of hydrogen-bond donors (Lipinski definition) is 2. The van der Waals surface area contributed by atoms with Crippen LogP contribution in [0.3, 0.4) is 0 Å². The highest BCUT2D eigenvalue weighted by molar-refractivity contribution is 6.00. The van der Waals surface area contributed by atoms with E-state index in [0.29, 0.717) is 34.3 Å². The lowest BCUT2D eigenvalue weighted by atomic mass is 10.1. The van der Waals surface area contributed by atoms with Crippen molar-refractivity contribution in [1.82, 2.24) is 0 Å². The summed E-state index contributed by atoms with van der Waals surface area (Å²) < 4.78 is 16.1. The summed E-state index contributed by atoms with van der Waals surface area (Å²) in [5.74, 6) is 1.26. The van der Waals surface area contributed by atoms with Crippen molar-refractivity contribution in [3.8, 4) is 17.2 Å². The molecule has 0 aliphatic carbocycles. The molecule has 4 rings (SSSR count). The first-order valence-corrected chi connectivity index (χ1v) is 8.97. The van der Waals surface area contributed by atoms with Crippen molar-refractivity contribution in [3.05, 3.63) is 42.0 Å². The first kappa shape index (κ1) is 18.6. The third-order valence-electron chi connectivity index (χ3n) is 4.38. The lowest BCUT2D eigenvalue weighted by Gasteiger charge is -2.23. The van der Waals surface area contributed by atoms with Crippen LogP contribution >= 0.6 is 0 Å². The predicted octanol–water partition coefficient (Wildman–Crippen LogP) is 2.51. The summed E-state index contributed by atoms with van der Waals surface area (Å²) in [5.41, 5.74) is 2.41. The lowest BCUT2D eigenvalue weighted by Crippen LogP contribution is -2.34. The highest BCUT2D eigenvalue weighted by atomic mass is 16.7. The number of nitrogens with one attached hydrogen (secondary N) is 2. The average Bonchev–Trinajstić information content (AvgIpc) is 3.17. The number of carbonyl (C=O) groups excluding carboxylic acids is 2. The molecule has 0 saturated carbocycles. The van der Waals surface area contributed by atoms with Gasteiger partial charge in [-0.3, -0.25) is 9.59 Å². The second kappa shape index (κ2) is 7.70. The summed E-state index contributed by atoms with van der Waals surface area (Å²) in [4.78, 5) is 29.0. The van der Waals surface area contributed by atoms with Crippen molar-refractivity contribution in [1.29, 1.82) is 0 Å². The molecule has 2 aromatic rings. The van der Waals surface area contributed by atoms with Crippen molar-refractivity contribution in [3.63, 3.8) is 0 Å². The largest absolute Gasteiger partial charge is 0.479 e. The molecule has 2 amide bonds. The Morgan fingerprint density at radius 3 is 2.86 bits per heavy atom. The number of oxime groups is 1. The van der Waals surface area contributed by atoms with Gasteiger partial charge in [-0.25, -0.2) is 0 Å². The summed E-state index contributed by atoms with van der Waals surface area (Å²) >= 11 is 0. The number of hydrogen-bond acceptors (Lipinski definition) is 7. The Morgan fingerprint density at radius 2 is 2.00 bits per heavy atom. The van der Waals surface area contributed by atoms with Gasteiger partial charge >= 0.3 is 0 Å². The monoisotopic (exact) mass is 397 g/mol. The van der Waals surface area contributed by atoms with E-state index < -0.39 is 6.10 Å². The van der Waals surface area contributed by atoms with E-state index in [1.54, 1.807) is 44.2 Å². The van der Waals surface area contributed by atoms with Crippen LogP contribution in [0, 0.1) is 0 Å². The SMILES string of the molecule is C/C(=N/OCC(=O)Nc1ccc2c(c1)NC(=O)[C@@H](C)O2)c1ccc2c(c1)OCO2. The molecule has 29 heavy (non-hydrogen) atoms. The zero-order chi connectivity index (χ0) is 20.4. The van der Waals surface area contributed by atoms with Gasteiger partial charge in [-0.15, -0.1) is 0 Å². The van der Waals surface area contributed by atoms with E-state index in [0.717, 1.165) is 5.56 Å². The van der Waals surface area contributed by atoms with E-state index in [9.17, 15) is 9.59 Å². The third-order valence-corrected chi connectivity index (χ3v) is 4.38.